The Balaban J connectivity index is 1.42. The second kappa shape index (κ2) is 8.05. The lowest BCUT2D eigenvalue weighted by atomic mass is 9.92. The van der Waals surface area contributed by atoms with Crippen molar-refractivity contribution in [3.63, 3.8) is 0 Å². The Morgan fingerprint density at radius 1 is 1.03 bits per heavy atom. The third-order valence-corrected chi connectivity index (χ3v) is 6.44. The maximum atomic E-state index is 12.1. The summed E-state index contributed by atoms with van der Waals surface area (Å²) in [6.45, 7) is 2.69. The number of amides is 2. The van der Waals surface area contributed by atoms with Gasteiger partial charge in [0, 0.05) is 34.9 Å². The lowest BCUT2D eigenvalue weighted by molar-refractivity contribution is 0.240. The zero-order valence-electron chi connectivity index (χ0n) is 17.5. The molecule has 5 rings (SSSR count). The van der Waals surface area contributed by atoms with Gasteiger partial charge in [0.15, 0.2) is 0 Å². The van der Waals surface area contributed by atoms with Crippen LogP contribution in [0, 0.1) is 0 Å². The normalized spacial score (nSPS) is 16.7. The predicted molar refractivity (Wildman–Crippen MR) is 121 cm³/mol. The van der Waals surface area contributed by atoms with E-state index in [2.05, 4.69) is 51.6 Å². The van der Waals surface area contributed by atoms with Crippen LogP contribution in [0.15, 0.2) is 48.5 Å². The summed E-state index contributed by atoms with van der Waals surface area (Å²) in [5.74, 6) is 0.923. The standard InChI is InChI=1S/C25H29N3O2/c1-2-30-22-14-11-18-15-23(28(24(18)16-22)21-7-4-8-21)17-9-12-20(13-10-17)27-25(29)26-19-5-3-6-19/h9-16,19,21H,2-8H2,1H3,(H2,26,27,29). The lowest BCUT2D eigenvalue weighted by Gasteiger charge is -2.30. The minimum atomic E-state index is -0.112. The van der Waals surface area contributed by atoms with Crippen LogP contribution < -0.4 is 15.4 Å². The number of fused-ring (bicyclic) bond motifs is 1. The number of anilines is 1. The van der Waals surface area contributed by atoms with Crippen LogP contribution in [-0.2, 0) is 0 Å². The molecule has 2 saturated carbocycles. The van der Waals surface area contributed by atoms with Crippen molar-refractivity contribution >= 4 is 22.6 Å². The summed E-state index contributed by atoms with van der Waals surface area (Å²) in [5, 5.41) is 7.21. The van der Waals surface area contributed by atoms with E-state index in [0.717, 1.165) is 24.3 Å². The van der Waals surface area contributed by atoms with Gasteiger partial charge in [0.1, 0.15) is 5.75 Å². The average Bonchev–Trinajstić information content (AvgIpc) is 3.03. The van der Waals surface area contributed by atoms with Crippen molar-refractivity contribution in [3.05, 3.63) is 48.5 Å². The van der Waals surface area contributed by atoms with Gasteiger partial charge in [-0.1, -0.05) is 12.1 Å². The molecule has 2 fully saturated rings. The fourth-order valence-electron chi connectivity index (χ4n) is 4.35. The molecule has 0 atom stereocenters. The van der Waals surface area contributed by atoms with Gasteiger partial charge < -0.3 is 19.9 Å². The number of urea groups is 1. The van der Waals surface area contributed by atoms with Crippen LogP contribution in [0.3, 0.4) is 0 Å². The highest BCUT2D eigenvalue weighted by Crippen LogP contribution is 2.41. The van der Waals surface area contributed by atoms with E-state index in [-0.39, 0.29) is 6.03 Å². The Morgan fingerprint density at radius 2 is 1.80 bits per heavy atom. The van der Waals surface area contributed by atoms with Crippen LogP contribution in [0.2, 0.25) is 0 Å². The van der Waals surface area contributed by atoms with Gasteiger partial charge in [-0.05, 0) is 81.3 Å². The summed E-state index contributed by atoms with van der Waals surface area (Å²) in [7, 11) is 0. The van der Waals surface area contributed by atoms with Gasteiger partial charge in [0.2, 0.25) is 0 Å². The highest BCUT2D eigenvalue weighted by Gasteiger charge is 2.24. The minimum Gasteiger partial charge on any atom is -0.494 e. The first-order chi connectivity index (χ1) is 14.7. The summed E-state index contributed by atoms with van der Waals surface area (Å²) >= 11 is 0. The second-order valence-corrected chi connectivity index (χ2v) is 8.44. The van der Waals surface area contributed by atoms with E-state index in [0.29, 0.717) is 18.7 Å². The number of aromatic nitrogens is 1. The highest BCUT2D eigenvalue weighted by atomic mass is 16.5. The molecule has 2 aliphatic rings. The van der Waals surface area contributed by atoms with Gasteiger partial charge in [0.05, 0.1) is 12.1 Å². The van der Waals surface area contributed by atoms with Crippen molar-refractivity contribution in [2.24, 2.45) is 0 Å². The molecule has 0 spiro atoms. The van der Waals surface area contributed by atoms with Crippen molar-refractivity contribution in [1.82, 2.24) is 9.88 Å². The van der Waals surface area contributed by atoms with E-state index < -0.39 is 0 Å². The van der Waals surface area contributed by atoms with Gasteiger partial charge in [-0.15, -0.1) is 0 Å². The highest BCUT2D eigenvalue weighted by molar-refractivity contribution is 5.91. The molecule has 0 bridgehead atoms. The van der Waals surface area contributed by atoms with E-state index in [1.807, 2.05) is 19.1 Å². The van der Waals surface area contributed by atoms with Crippen LogP contribution in [0.1, 0.15) is 51.5 Å². The molecule has 2 amide bonds. The zero-order valence-corrected chi connectivity index (χ0v) is 17.5. The second-order valence-electron chi connectivity index (χ2n) is 8.44. The molecule has 5 heteroatoms. The number of benzene rings is 2. The Bertz CT molecular complexity index is 1050. The monoisotopic (exact) mass is 403 g/mol. The number of nitrogens with zero attached hydrogens (tertiary/aromatic N) is 1. The molecule has 1 heterocycles. The number of rotatable bonds is 6. The first-order valence-corrected chi connectivity index (χ1v) is 11.2. The summed E-state index contributed by atoms with van der Waals surface area (Å²) in [6.07, 6.45) is 7.11. The summed E-state index contributed by atoms with van der Waals surface area (Å²) in [4.78, 5) is 12.1. The van der Waals surface area contributed by atoms with E-state index in [9.17, 15) is 4.79 Å². The smallest absolute Gasteiger partial charge is 0.319 e. The molecular formula is C25H29N3O2. The Morgan fingerprint density at radius 3 is 2.43 bits per heavy atom. The van der Waals surface area contributed by atoms with Gasteiger partial charge in [-0.2, -0.15) is 0 Å². The number of carbonyl (C=O) groups excluding carboxylic acids is 1. The molecule has 2 aliphatic carbocycles. The molecule has 5 nitrogen and oxygen atoms in total. The van der Waals surface area contributed by atoms with E-state index in [4.69, 9.17) is 4.74 Å². The third-order valence-electron chi connectivity index (χ3n) is 6.44. The van der Waals surface area contributed by atoms with Crippen LogP contribution >= 0.6 is 0 Å². The Kier molecular flexibility index (Phi) is 5.11. The van der Waals surface area contributed by atoms with Gasteiger partial charge in [-0.3, -0.25) is 0 Å². The molecule has 0 unspecified atom stereocenters. The minimum absolute atomic E-state index is 0.112. The Hall–Kier alpha value is -2.95. The predicted octanol–water partition coefficient (Wildman–Crippen LogP) is 6.11. The largest absolute Gasteiger partial charge is 0.494 e. The molecule has 0 aliphatic heterocycles. The number of nitrogens with one attached hydrogen (secondary N) is 2. The number of hydrogen-bond donors (Lipinski definition) is 2. The first-order valence-electron chi connectivity index (χ1n) is 11.2. The van der Waals surface area contributed by atoms with E-state index in [1.54, 1.807) is 0 Å². The summed E-state index contributed by atoms with van der Waals surface area (Å²) in [5.41, 5.74) is 4.46. The summed E-state index contributed by atoms with van der Waals surface area (Å²) in [6, 6.07) is 17.6. The van der Waals surface area contributed by atoms with Crippen molar-refractivity contribution in [2.45, 2.75) is 57.5 Å². The molecule has 1 aromatic heterocycles. The Labute approximate surface area is 177 Å². The van der Waals surface area contributed by atoms with E-state index in [1.165, 1.54) is 47.8 Å². The molecule has 3 aromatic rings. The topological polar surface area (TPSA) is 55.3 Å². The first kappa shape index (κ1) is 19.0. The molecule has 2 N–H and O–H groups in total. The van der Waals surface area contributed by atoms with Crippen molar-refractivity contribution in [1.29, 1.82) is 0 Å². The van der Waals surface area contributed by atoms with Gasteiger partial charge in [-0.25, -0.2) is 4.79 Å². The fraction of sp³-hybridized carbons (Fsp3) is 0.400. The summed E-state index contributed by atoms with van der Waals surface area (Å²) < 4.78 is 8.23. The van der Waals surface area contributed by atoms with Crippen LogP contribution in [-0.4, -0.2) is 23.2 Å². The van der Waals surface area contributed by atoms with Crippen molar-refractivity contribution in [3.8, 4) is 17.0 Å². The van der Waals surface area contributed by atoms with Crippen molar-refractivity contribution in [2.75, 3.05) is 11.9 Å². The average molecular weight is 404 g/mol. The van der Waals surface area contributed by atoms with Crippen LogP contribution in [0.4, 0.5) is 10.5 Å². The van der Waals surface area contributed by atoms with Gasteiger partial charge in [0.25, 0.3) is 0 Å². The molecule has 0 saturated heterocycles. The van der Waals surface area contributed by atoms with Crippen molar-refractivity contribution < 1.29 is 9.53 Å². The number of ether oxygens (including phenoxy) is 1. The molecule has 156 valence electrons. The number of carbonyl (C=O) groups is 1. The molecule has 30 heavy (non-hydrogen) atoms. The van der Waals surface area contributed by atoms with Gasteiger partial charge >= 0.3 is 6.03 Å². The number of hydrogen-bond acceptors (Lipinski definition) is 2. The molecule has 2 aromatic carbocycles. The maximum Gasteiger partial charge on any atom is 0.319 e. The zero-order chi connectivity index (χ0) is 20.5. The molecular weight excluding hydrogens is 374 g/mol. The SMILES string of the molecule is CCOc1ccc2cc(-c3ccc(NC(=O)NC4CCC4)cc3)n(C3CCC3)c2c1. The fourth-order valence-corrected chi connectivity index (χ4v) is 4.35. The van der Waals surface area contributed by atoms with Crippen LogP contribution in [0.25, 0.3) is 22.2 Å². The third kappa shape index (κ3) is 3.64. The molecule has 0 radical (unpaired) electrons. The van der Waals surface area contributed by atoms with E-state index >= 15 is 0 Å². The maximum absolute atomic E-state index is 12.1. The quantitative estimate of drug-likeness (QED) is 0.522. The van der Waals surface area contributed by atoms with Crippen LogP contribution in [0.5, 0.6) is 5.75 Å². The lowest BCUT2D eigenvalue weighted by Crippen LogP contribution is -2.41.